The van der Waals surface area contributed by atoms with E-state index in [1.165, 1.54) is 47.4 Å². The lowest BCUT2D eigenvalue weighted by Crippen LogP contribution is -2.45. The molecular weight excluding hydrogens is 2270 g/mol. The first-order chi connectivity index (χ1) is 68.3. The van der Waals surface area contributed by atoms with Crippen molar-refractivity contribution in [1.82, 2.24) is 14.7 Å². The van der Waals surface area contributed by atoms with Crippen LogP contribution in [0.1, 0.15) is 54.3 Å². The van der Waals surface area contributed by atoms with Crippen LogP contribution >= 0.6 is 115 Å². The average Bonchev–Trinajstić information content (AvgIpc) is 1.62. The van der Waals surface area contributed by atoms with Crippen molar-refractivity contribution in [2.24, 2.45) is 0 Å². The summed E-state index contributed by atoms with van der Waals surface area (Å²) in [7, 11) is 0. The van der Waals surface area contributed by atoms with Crippen LogP contribution in [0.5, 0.6) is 0 Å². The van der Waals surface area contributed by atoms with Gasteiger partial charge in [-0.3, -0.25) is 115 Å². The number of nitrogens with zero attached hydrogens (tertiary/aromatic N) is 11. The van der Waals surface area contributed by atoms with Gasteiger partial charge in [-0.2, -0.15) is 0 Å². The first kappa shape index (κ1) is 105. The van der Waals surface area contributed by atoms with E-state index in [9.17, 15) is 145 Å². The summed E-state index contributed by atoms with van der Waals surface area (Å²) < 4.78 is 0.246. The van der Waals surface area contributed by atoms with Crippen LogP contribution in [0.2, 0.25) is 0 Å². The van der Waals surface area contributed by atoms with E-state index in [4.69, 9.17) is 5.11 Å². The molecule has 0 saturated carbocycles. The molecule has 0 atom stereocenters. The number of carboxylic acid groups (broad SMARTS) is 5. The molecule has 0 saturated heterocycles. The molecule has 0 radical (unpaired) electrons. The van der Waals surface area contributed by atoms with Crippen molar-refractivity contribution in [3.05, 3.63) is 296 Å². The Hall–Kier alpha value is -16.4. The molecular formula is C94H56Br5N11O31S3. The van der Waals surface area contributed by atoms with Crippen LogP contribution < -0.4 is 39.2 Å². The molecule has 5 N–H and O–H groups in total. The van der Waals surface area contributed by atoms with Gasteiger partial charge in [-0.1, -0.05) is 89.9 Å². The van der Waals surface area contributed by atoms with Gasteiger partial charge in [0.25, 0.3) is 118 Å². The quantitative estimate of drug-likeness (QED) is 0.0299. The molecule has 10 aliphatic rings. The zero-order valence-electron chi connectivity index (χ0n) is 72.1. The Morgan fingerprint density at radius 1 is 0.250 bits per heavy atom. The van der Waals surface area contributed by atoms with Crippen molar-refractivity contribution in [1.29, 1.82) is 0 Å². The number of carboxylic acids is 5. The van der Waals surface area contributed by atoms with Crippen molar-refractivity contribution in [3.63, 3.8) is 0 Å². The normalized spacial score (nSPS) is 16.4. The molecule has 0 bridgehead atoms. The van der Waals surface area contributed by atoms with Gasteiger partial charge in [0.1, 0.15) is 0 Å². The minimum Gasteiger partial charge on any atom is -0.481 e. The lowest BCUT2D eigenvalue weighted by molar-refractivity contribution is -0.142. The van der Waals surface area contributed by atoms with Crippen molar-refractivity contribution in [2.45, 2.75) is 27.5 Å². The lowest BCUT2D eigenvalue weighted by Gasteiger charge is -2.26. The van der Waals surface area contributed by atoms with Crippen LogP contribution in [0.15, 0.2) is 289 Å². The summed E-state index contributed by atoms with van der Waals surface area (Å²) in [6.07, 6.45) is 12.4. The van der Waals surface area contributed by atoms with Gasteiger partial charge in [0.2, 0.25) is 5.91 Å². The maximum absolute atomic E-state index is 13.1. The summed E-state index contributed by atoms with van der Waals surface area (Å²) in [5.41, 5.74) is -1.60. The Labute approximate surface area is 861 Å². The molecule has 0 spiro atoms. The molecule has 7 aromatic carbocycles. The molecule has 21 amide bonds. The largest absolute Gasteiger partial charge is 0.481 e. The summed E-state index contributed by atoms with van der Waals surface area (Å²) in [5, 5.41) is 46.3. The van der Waals surface area contributed by atoms with Gasteiger partial charge >= 0.3 is 29.8 Å². The second-order valence-electron chi connectivity index (χ2n) is 29.8. The number of hydrogen-bond donors (Lipinski definition) is 5. The molecule has 7 aromatic rings. The molecule has 0 aromatic heterocycles. The monoisotopic (exact) mass is 2320 g/mol. The van der Waals surface area contributed by atoms with E-state index < -0.39 is 160 Å². The number of hydrogen-bond acceptors (Lipinski definition) is 29. The number of amides is 21. The molecule has 0 aliphatic carbocycles. The molecule has 42 nitrogen and oxygen atoms in total. The van der Waals surface area contributed by atoms with Gasteiger partial charge in [0.05, 0.1) is 111 Å². The van der Waals surface area contributed by atoms with Gasteiger partial charge in [-0.15, -0.1) is 0 Å². The number of carbonyl (C=O) groups is 26. The topological polar surface area (TPSA) is 581 Å². The summed E-state index contributed by atoms with van der Waals surface area (Å²) in [6.45, 7) is -0.332. The average molecular weight is 2330 g/mol. The number of aliphatic carboxylic acids is 1. The minimum atomic E-state index is -1.35. The third kappa shape index (κ3) is 23.4. The predicted octanol–water partition coefficient (Wildman–Crippen LogP) is 9.48. The predicted molar refractivity (Wildman–Crippen MR) is 525 cm³/mol. The first-order valence-corrected chi connectivity index (χ1v) is 47.1. The van der Waals surface area contributed by atoms with E-state index in [0.717, 1.165) is 202 Å². The fraction of sp³-hybridized carbons (Fsp3) is 0.0638. The number of halogens is 5. The molecule has 0 fully saturated rings. The smallest absolute Gasteiger partial charge is 0.335 e. The number of rotatable bonds is 27. The van der Waals surface area contributed by atoms with Crippen molar-refractivity contribution in [2.75, 3.05) is 65.4 Å². The first-order valence-electron chi connectivity index (χ1n) is 40.7. The zero-order valence-corrected chi connectivity index (χ0v) is 82.5. The number of imide groups is 10. The van der Waals surface area contributed by atoms with Crippen LogP contribution in [-0.2, 0) is 105 Å². The van der Waals surface area contributed by atoms with Crippen LogP contribution in [0.25, 0.3) is 0 Å². The van der Waals surface area contributed by atoms with Gasteiger partial charge < -0.3 is 30.4 Å². The standard InChI is InChI=1S/C27H16N2O6S2.C21H12N2O6S.C16H15Br2N3O7.C15H6Br2N2O6.C15H7BrN2O6/c30-23-14-21(36-19-7-3-1-4-8-19)25(32)28(23)17-11-16(27(34)35)12-18(13-17)29-24(31)15-22(26(29)33)37-20-9-5-2-6-10-20;24-17-6-7-18(25)22(17)13-8-12(21(28)29)9-14(10-13)23-19(26)11-16(20(23)27)30-15-4-2-1-3-5-15;17-9-7-12(23)20(15(9)27)5-3-19(11(22)1-2-14(25)26)4-6-21-13(24)8-10(18)16(21)28;16-9-4-11(20)18(13(9)22)7-1-6(15(24)25)2-8(3-7)19-12(21)5-10(17)14(19)23;16-10-6-13(21)18(14(10)22)9-4-7(15(23)24)3-8(5-9)17-11(19)1-2-12(17)20/h1-15H,(H,34,35);1-11H,(H,28,29);7-8H,1-6H2,(H,25,26);1-5H,(H,24,25);1-6H,(H,23,24). The fourth-order valence-electron chi connectivity index (χ4n) is 14.0. The highest BCUT2D eigenvalue weighted by Crippen LogP contribution is 2.42. The van der Waals surface area contributed by atoms with Crippen molar-refractivity contribution >= 4 is 314 Å². The number of benzene rings is 7. The zero-order chi connectivity index (χ0) is 105. The Morgan fingerprint density at radius 2 is 0.465 bits per heavy atom. The van der Waals surface area contributed by atoms with E-state index in [0.29, 0.717) is 0 Å². The van der Waals surface area contributed by atoms with E-state index in [1.807, 2.05) is 18.2 Å². The van der Waals surface area contributed by atoms with E-state index in [2.05, 4.69) is 79.6 Å². The maximum atomic E-state index is 13.1. The Kier molecular flexibility index (Phi) is 32.5. The molecule has 10 aliphatic heterocycles. The third-order valence-corrected chi connectivity index (χ3v) is 26.4. The van der Waals surface area contributed by atoms with Gasteiger partial charge in [0, 0.05) is 120 Å². The number of thioether (sulfide) groups is 3. The van der Waals surface area contributed by atoms with Gasteiger partial charge in [0.15, 0.2) is 0 Å². The molecule has 17 rings (SSSR count). The third-order valence-electron chi connectivity index (χ3n) is 20.5. The minimum absolute atomic E-state index is 0.0116. The van der Waals surface area contributed by atoms with E-state index in [1.54, 1.807) is 72.8 Å². The number of aromatic carboxylic acids is 4. The highest BCUT2D eigenvalue weighted by molar-refractivity contribution is 9.12. The van der Waals surface area contributed by atoms with Crippen molar-refractivity contribution < 1.29 is 150 Å². The van der Waals surface area contributed by atoms with Gasteiger partial charge in [-0.05, 0) is 189 Å². The summed E-state index contributed by atoms with van der Waals surface area (Å²) in [6, 6.07) is 41.0. The van der Waals surface area contributed by atoms with Crippen LogP contribution in [0.3, 0.4) is 0 Å². The summed E-state index contributed by atoms with van der Waals surface area (Å²) in [4.78, 5) is 326. The van der Waals surface area contributed by atoms with E-state index in [-0.39, 0.29) is 137 Å². The van der Waals surface area contributed by atoms with E-state index >= 15 is 0 Å². The second kappa shape index (κ2) is 44.6. The number of carbonyl (C=O) groups excluding carboxylic acids is 21. The second-order valence-corrected chi connectivity index (χ2v) is 37.5. The van der Waals surface area contributed by atoms with Crippen LogP contribution in [0, 0.1) is 0 Å². The summed E-state index contributed by atoms with van der Waals surface area (Å²) in [5.74, 6) is -19.7. The van der Waals surface area contributed by atoms with Crippen molar-refractivity contribution in [3.8, 4) is 0 Å². The van der Waals surface area contributed by atoms with Crippen LogP contribution in [-0.4, -0.2) is 220 Å². The highest BCUT2D eigenvalue weighted by atomic mass is 79.9. The molecule has 0 unspecified atom stereocenters. The Balaban J connectivity index is 0.000000152. The fourth-order valence-corrected chi connectivity index (χ4v) is 18.6. The highest BCUT2D eigenvalue weighted by Gasteiger charge is 2.43. The SMILES string of the molecule is O=C(O)CCC(=O)N(CCN1C(=O)C=C(Br)C1=O)CCN1C(=O)C=C(Br)C1=O.O=C(O)c1cc(N2C(=O)C=C(Br)C2=O)cc(N2C(=O)C=C(Br)C2=O)c1.O=C(O)c1cc(N2C(=O)C=C(Sc3ccccc3)C2=O)cc(N2C(=O)C=C(Sc3ccccc3)C2=O)c1.O=C(O)c1cc(N2C(=O)C=CC2=O)cc(N2C(=O)C=C(Br)C2=O)c1.O=C(O)c1cc(N2C(=O)C=CC2=O)cc(N2C(=O)C=C(Sc3ccccc3)C2=O)c1. The molecule has 144 heavy (non-hydrogen) atoms. The number of anilines is 8. The molecule has 50 heteroatoms. The maximum Gasteiger partial charge on any atom is 0.335 e. The Morgan fingerprint density at radius 3 is 0.674 bits per heavy atom. The summed E-state index contributed by atoms with van der Waals surface area (Å²) >= 11 is 18.1. The lowest BCUT2D eigenvalue weighted by atomic mass is 10.1. The Bertz CT molecular complexity index is 7100. The van der Waals surface area contributed by atoms with Gasteiger partial charge in [-0.25, -0.2) is 58.4 Å². The molecule has 10 heterocycles. The van der Waals surface area contributed by atoms with Crippen LogP contribution in [0.4, 0.5) is 45.5 Å². The molecule has 726 valence electrons.